The van der Waals surface area contributed by atoms with Gasteiger partial charge >= 0.3 is 10.1 Å². The van der Waals surface area contributed by atoms with Crippen LogP contribution in [0.2, 0.25) is 0 Å². The van der Waals surface area contributed by atoms with E-state index in [-0.39, 0.29) is 5.75 Å². The number of nitriles is 1. The van der Waals surface area contributed by atoms with Crippen LogP contribution in [0.4, 0.5) is 5.69 Å². The van der Waals surface area contributed by atoms with Crippen LogP contribution in [0.15, 0.2) is 48.5 Å². The van der Waals surface area contributed by atoms with E-state index in [2.05, 4.69) is 11.8 Å². The van der Waals surface area contributed by atoms with Crippen LogP contribution in [0.25, 0.3) is 0 Å². The lowest BCUT2D eigenvalue weighted by Crippen LogP contribution is -2.34. The molecule has 1 aliphatic heterocycles. The topological polar surface area (TPSA) is 70.4 Å². The highest BCUT2D eigenvalue weighted by Gasteiger charge is 2.22. The summed E-state index contributed by atoms with van der Waals surface area (Å²) in [5, 5.41) is 8.96. The average molecular weight is 370 g/mol. The number of anilines is 1. The SMILES string of the molecule is CC1CCCN(c2ccccc2OS(=O)(=O)Cc2cccc(C#N)c2)C1. The molecule has 0 bridgehead atoms. The van der Waals surface area contributed by atoms with E-state index in [1.807, 2.05) is 18.2 Å². The highest BCUT2D eigenvalue weighted by atomic mass is 32.2. The molecule has 26 heavy (non-hydrogen) atoms. The van der Waals surface area contributed by atoms with Gasteiger partial charge in [-0.25, -0.2) is 0 Å². The second kappa shape index (κ2) is 7.79. The molecule has 2 aromatic rings. The zero-order valence-corrected chi connectivity index (χ0v) is 15.6. The van der Waals surface area contributed by atoms with Crippen molar-refractivity contribution in [3.63, 3.8) is 0 Å². The van der Waals surface area contributed by atoms with Crippen LogP contribution in [0, 0.1) is 17.2 Å². The van der Waals surface area contributed by atoms with E-state index in [1.54, 1.807) is 36.4 Å². The minimum absolute atomic E-state index is 0.271. The second-order valence-corrected chi connectivity index (χ2v) is 8.33. The molecule has 1 unspecified atom stereocenters. The highest BCUT2D eigenvalue weighted by molar-refractivity contribution is 7.86. The van der Waals surface area contributed by atoms with Gasteiger partial charge in [0.25, 0.3) is 0 Å². The Balaban J connectivity index is 1.80. The smallest absolute Gasteiger partial charge is 0.313 e. The van der Waals surface area contributed by atoms with Crippen LogP contribution < -0.4 is 9.08 Å². The van der Waals surface area contributed by atoms with E-state index in [0.29, 0.717) is 22.8 Å². The molecule has 1 atom stereocenters. The summed E-state index contributed by atoms with van der Waals surface area (Å²) in [7, 11) is -3.82. The molecule has 0 radical (unpaired) electrons. The fraction of sp³-hybridized carbons (Fsp3) is 0.350. The van der Waals surface area contributed by atoms with Gasteiger partial charge < -0.3 is 9.08 Å². The molecule has 6 heteroatoms. The van der Waals surface area contributed by atoms with Crippen LogP contribution in [-0.4, -0.2) is 21.5 Å². The average Bonchev–Trinajstić information content (AvgIpc) is 2.61. The number of hydrogen-bond acceptors (Lipinski definition) is 5. The summed E-state index contributed by atoms with van der Waals surface area (Å²) in [6.45, 7) is 3.99. The number of hydrogen-bond donors (Lipinski definition) is 0. The van der Waals surface area contributed by atoms with Crippen molar-refractivity contribution in [1.29, 1.82) is 5.26 Å². The summed E-state index contributed by atoms with van der Waals surface area (Å²) in [5.41, 5.74) is 1.78. The summed E-state index contributed by atoms with van der Waals surface area (Å²) >= 11 is 0. The van der Waals surface area contributed by atoms with Gasteiger partial charge in [0.1, 0.15) is 5.75 Å². The Kier molecular flexibility index (Phi) is 5.48. The summed E-state index contributed by atoms with van der Waals surface area (Å²) in [4.78, 5) is 2.19. The van der Waals surface area contributed by atoms with Crippen LogP contribution in [0.1, 0.15) is 30.9 Å². The van der Waals surface area contributed by atoms with Crippen molar-refractivity contribution in [2.75, 3.05) is 18.0 Å². The summed E-state index contributed by atoms with van der Waals surface area (Å²) in [6.07, 6.45) is 2.27. The van der Waals surface area contributed by atoms with E-state index in [0.717, 1.165) is 25.2 Å². The normalized spacial score (nSPS) is 17.5. The third-order valence-corrected chi connectivity index (χ3v) is 5.60. The first-order valence-corrected chi connectivity index (χ1v) is 10.3. The standard InChI is InChI=1S/C20H22N2O3S/c1-16-6-5-11-22(14-16)19-9-2-3-10-20(19)25-26(23,24)15-18-8-4-7-17(12-18)13-21/h2-4,7-10,12,16H,5-6,11,14-15H2,1H3. The van der Waals surface area contributed by atoms with Gasteiger partial charge in [-0.2, -0.15) is 13.7 Å². The monoisotopic (exact) mass is 370 g/mol. The lowest BCUT2D eigenvalue weighted by Gasteiger charge is -2.33. The molecule has 0 N–H and O–H groups in total. The summed E-state index contributed by atoms with van der Waals surface area (Å²) in [5.74, 6) is 0.660. The van der Waals surface area contributed by atoms with Gasteiger partial charge in [0.15, 0.2) is 5.75 Å². The van der Waals surface area contributed by atoms with Crippen LogP contribution in [0.5, 0.6) is 5.75 Å². The lowest BCUT2D eigenvalue weighted by molar-refractivity contribution is 0.441. The predicted octanol–water partition coefficient (Wildman–Crippen LogP) is 3.70. The third kappa shape index (κ3) is 4.55. The molecule has 1 fully saturated rings. The van der Waals surface area contributed by atoms with Gasteiger partial charge in [0.2, 0.25) is 0 Å². The van der Waals surface area contributed by atoms with Crippen LogP contribution >= 0.6 is 0 Å². The molecule has 0 aromatic heterocycles. The maximum Gasteiger partial charge on any atom is 0.313 e. The second-order valence-electron chi connectivity index (χ2n) is 6.76. The minimum atomic E-state index is -3.82. The van der Waals surface area contributed by atoms with E-state index >= 15 is 0 Å². The van der Waals surface area contributed by atoms with E-state index in [9.17, 15) is 8.42 Å². The number of rotatable bonds is 5. The third-order valence-electron chi connectivity index (χ3n) is 4.48. The number of benzene rings is 2. The zero-order chi connectivity index (χ0) is 18.6. The van der Waals surface area contributed by atoms with Gasteiger partial charge in [-0.1, -0.05) is 31.2 Å². The molecule has 1 heterocycles. The first-order valence-electron chi connectivity index (χ1n) is 8.72. The molecule has 2 aromatic carbocycles. The number of piperidine rings is 1. The van der Waals surface area contributed by atoms with Crippen molar-refractivity contribution in [1.82, 2.24) is 0 Å². The first-order chi connectivity index (χ1) is 12.5. The Hall–Kier alpha value is -2.52. The minimum Gasteiger partial charge on any atom is -0.380 e. The van der Waals surface area contributed by atoms with E-state index in [1.165, 1.54) is 6.42 Å². The fourth-order valence-corrected chi connectivity index (χ4v) is 4.36. The van der Waals surface area contributed by atoms with Gasteiger partial charge in [-0.3, -0.25) is 0 Å². The highest BCUT2D eigenvalue weighted by Crippen LogP contribution is 2.32. The molecular formula is C20H22N2O3S. The molecule has 136 valence electrons. The largest absolute Gasteiger partial charge is 0.380 e. The Labute approximate surface area is 155 Å². The fourth-order valence-electron chi connectivity index (χ4n) is 3.30. The van der Waals surface area contributed by atoms with E-state index in [4.69, 9.17) is 9.44 Å². The maximum absolute atomic E-state index is 12.5. The Morgan fingerprint density at radius 1 is 1.23 bits per heavy atom. The Morgan fingerprint density at radius 2 is 2.04 bits per heavy atom. The molecule has 5 nitrogen and oxygen atoms in total. The van der Waals surface area contributed by atoms with Crippen LogP contribution in [0.3, 0.4) is 0 Å². The molecule has 0 spiro atoms. The van der Waals surface area contributed by atoms with Crippen molar-refractivity contribution in [2.24, 2.45) is 5.92 Å². The lowest BCUT2D eigenvalue weighted by atomic mass is 10.00. The number of nitrogens with zero attached hydrogens (tertiary/aromatic N) is 2. The molecule has 1 saturated heterocycles. The molecule has 1 aliphatic rings. The van der Waals surface area contributed by atoms with Crippen molar-refractivity contribution in [3.8, 4) is 11.8 Å². The molecule has 0 amide bonds. The van der Waals surface area contributed by atoms with Crippen molar-refractivity contribution in [3.05, 3.63) is 59.7 Å². The molecule has 0 saturated carbocycles. The molecule has 0 aliphatic carbocycles. The quantitative estimate of drug-likeness (QED) is 0.751. The molecular weight excluding hydrogens is 348 g/mol. The van der Waals surface area contributed by atoms with Gasteiger partial charge in [0.05, 0.1) is 17.3 Å². The molecule has 3 rings (SSSR count). The van der Waals surface area contributed by atoms with Crippen LogP contribution in [-0.2, 0) is 15.9 Å². The first kappa shape index (κ1) is 18.3. The van der Waals surface area contributed by atoms with Crippen molar-refractivity contribution in [2.45, 2.75) is 25.5 Å². The van der Waals surface area contributed by atoms with E-state index < -0.39 is 10.1 Å². The summed E-state index contributed by atoms with van der Waals surface area (Å²) < 4.78 is 30.5. The number of para-hydroxylation sites is 2. The Morgan fingerprint density at radius 3 is 2.81 bits per heavy atom. The van der Waals surface area contributed by atoms with Gasteiger partial charge in [-0.15, -0.1) is 0 Å². The summed E-state index contributed by atoms with van der Waals surface area (Å²) in [6, 6.07) is 15.8. The van der Waals surface area contributed by atoms with Crippen molar-refractivity contribution >= 4 is 15.8 Å². The Bertz CT molecular complexity index is 919. The van der Waals surface area contributed by atoms with Gasteiger partial charge in [-0.05, 0) is 48.6 Å². The van der Waals surface area contributed by atoms with Crippen molar-refractivity contribution < 1.29 is 12.6 Å². The predicted molar refractivity (Wildman–Crippen MR) is 101 cm³/mol. The van der Waals surface area contributed by atoms with Gasteiger partial charge in [0, 0.05) is 13.1 Å². The zero-order valence-electron chi connectivity index (χ0n) is 14.8. The maximum atomic E-state index is 12.5.